The molecule has 2 amide bonds. The molecule has 0 saturated carbocycles. The molecule has 0 radical (unpaired) electrons. The van der Waals surface area contributed by atoms with E-state index >= 15 is 0 Å². The minimum Gasteiger partial charge on any atom is -0.368 e. The van der Waals surface area contributed by atoms with Crippen LogP contribution in [0, 0.1) is 5.82 Å². The monoisotopic (exact) mass is 521 g/mol. The minimum atomic E-state index is -0.463. The summed E-state index contributed by atoms with van der Waals surface area (Å²) in [6.45, 7) is 8.35. The molecule has 4 rings (SSSR count). The molecule has 0 spiro atoms. The summed E-state index contributed by atoms with van der Waals surface area (Å²) in [4.78, 5) is 31.0. The first-order valence-electron chi connectivity index (χ1n) is 12.4. The molecule has 3 aromatic rings. The fraction of sp³-hybridized carbons (Fsp3) is 0.333. The summed E-state index contributed by atoms with van der Waals surface area (Å²) in [5.74, 6) is -0.838. The van der Waals surface area contributed by atoms with Crippen LogP contribution in [0.4, 0.5) is 10.1 Å². The number of amides is 2. The van der Waals surface area contributed by atoms with Crippen molar-refractivity contribution >= 4 is 29.1 Å². The predicted molar refractivity (Wildman–Crippen MR) is 148 cm³/mol. The maximum atomic E-state index is 14.7. The van der Waals surface area contributed by atoms with Crippen molar-refractivity contribution in [1.29, 1.82) is 0 Å². The van der Waals surface area contributed by atoms with Gasteiger partial charge in [-0.1, -0.05) is 62.7 Å². The molecule has 1 aliphatic heterocycles. The highest BCUT2D eigenvalue weighted by Gasteiger charge is 2.29. The van der Waals surface area contributed by atoms with E-state index in [9.17, 15) is 14.0 Å². The molecule has 3 aromatic carbocycles. The Morgan fingerprint density at radius 3 is 2.08 bits per heavy atom. The standard InChI is InChI=1S/C30H33ClFN3O2/c1-30(2,3)24-7-6-8-26(32)27(24)29(37)35-17-15-34(16-18-35)22-12-9-20(10-13-22)21-11-14-23(25(31)19-21)28(36)33(4)5/h6-14,19H,15-18H2,1-5H3. The molecule has 5 nitrogen and oxygen atoms in total. The van der Waals surface area contributed by atoms with Gasteiger partial charge in [0.05, 0.1) is 16.1 Å². The molecule has 0 atom stereocenters. The average Bonchev–Trinajstić information content (AvgIpc) is 2.87. The fourth-order valence-corrected chi connectivity index (χ4v) is 4.93. The molecular weight excluding hydrogens is 489 g/mol. The molecule has 1 saturated heterocycles. The normalized spacial score (nSPS) is 14.0. The van der Waals surface area contributed by atoms with Crippen molar-refractivity contribution < 1.29 is 14.0 Å². The molecular formula is C30H33ClFN3O2. The topological polar surface area (TPSA) is 43.9 Å². The highest BCUT2D eigenvalue weighted by molar-refractivity contribution is 6.34. The van der Waals surface area contributed by atoms with Crippen LogP contribution >= 0.6 is 11.6 Å². The Balaban J connectivity index is 1.44. The van der Waals surface area contributed by atoms with Crippen LogP contribution in [0.3, 0.4) is 0 Å². The van der Waals surface area contributed by atoms with E-state index in [1.54, 1.807) is 31.1 Å². The smallest absolute Gasteiger partial charge is 0.257 e. The summed E-state index contributed by atoms with van der Waals surface area (Å²) in [5, 5.41) is 0.422. The predicted octanol–water partition coefficient (Wildman–Crippen LogP) is 6.11. The van der Waals surface area contributed by atoms with E-state index < -0.39 is 5.82 Å². The van der Waals surface area contributed by atoms with E-state index in [1.165, 1.54) is 11.0 Å². The molecule has 0 aromatic heterocycles. The van der Waals surface area contributed by atoms with Gasteiger partial charge in [0.15, 0.2) is 0 Å². The summed E-state index contributed by atoms with van der Waals surface area (Å²) >= 11 is 6.39. The van der Waals surface area contributed by atoms with E-state index in [0.29, 0.717) is 36.8 Å². The van der Waals surface area contributed by atoms with Crippen LogP contribution in [0.2, 0.25) is 5.02 Å². The van der Waals surface area contributed by atoms with Gasteiger partial charge in [-0.25, -0.2) is 4.39 Å². The number of carbonyl (C=O) groups is 2. The Bertz CT molecular complexity index is 1310. The third-order valence-electron chi connectivity index (χ3n) is 6.77. The van der Waals surface area contributed by atoms with Gasteiger partial charge in [0.2, 0.25) is 0 Å². The maximum Gasteiger partial charge on any atom is 0.257 e. The third kappa shape index (κ3) is 5.64. The summed E-state index contributed by atoms with van der Waals surface area (Å²) < 4.78 is 14.7. The highest BCUT2D eigenvalue weighted by Crippen LogP contribution is 2.30. The van der Waals surface area contributed by atoms with Crippen molar-refractivity contribution in [2.45, 2.75) is 26.2 Å². The number of anilines is 1. The van der Waals surface area contributed by atoms with Crippen LogP contribution < -0.4 is 4.90 Å². The molecule has 1 aliphatic rings. The van der Waals surface area contributed by atoms with Crippen molar-refractivity contribution in [1.82, 2.24) is 9.80 Å². The van der Waals surface area contributed by atoms with E-state index in [1.807, 2.05) is 63.2 Å². The van der Waals surface area contributed by atoms with Crippen LogP contribution in [0.1, 0.15) is 47.1 Å². The fourth-order valence-electron chi connectivity index (χ4n) is 4.67. The lowest BCUT2D eigenvalue weighted by Gasteiger charge is -2.37. The van der Waals surface area contributed by atoms with Crippen molar-refractivity contribution in [2.24, 2.45) is 0 Å². The Morgan fingerprint density at radius 2 is 1.51 bits per heavy atom. The third-order valence-corrected chi connectivity index (χ3v) is 7.09. The first-order valence-corrected chi connectivity index (χ1v) is 12.8. The number of rotatable bonds is 4. The summed E-state index contributed by atoms with van der Waals surface area (Å²) in [6.07, 6.45) is 0. The zero-order valence-corrected chi connectivity index (χ0v) is 22.8. The zero-order chi connectivity index (χ0) is 26.9. The van der Waals surface area contributed by atoms with Crippen LogP contribution in [0.25, 0.3) is 11.1 Å². The van der Waals surface area contributed by atoms with Gasteiger partial charge in [0.25, 0.3) is 11.8 Å². The lowest BCUT2D eigenvalue weighted by Crippen LogP contribution is -2.49. The van der Waals surface area contributed by atoms with Gasteiger partial charge in [-0.3, -0.25) is 9.59 Å². The highest BCUT2D eigenvalue weighted by atomic mass is 35.5. The Kier molecular flexibility index (Phi) is 7.60. The molecule has 1 fully saturated rings. The average molecular weight is 522 g/mol. The van der Waals surface area contributed by atoms with Crippen molar-refractivity contribution in [3.63, 3.8) is 0 Å². The molecule has 194 valence electrons. The van der Waals surface area contributed by atoms with Gasteiger partial charge in [0.1, 0.15) is 5.82 Å². The number of piperazine rings is 1. The number of benzene rings is 3. The molecule has 7 heteroatoms. The zero-order valence-electron chi connectivity index (χ0n) is 22.0. The SMILES string of the molecule is CN(C)C(=O)c1ccc(-c2ccc(N3CCN(C(=O)c4c(F)cccc4C(C)(C)C)CC3)cc2)cc1Cl. The summed E-state index contributed by atoms with van der Waals surface area (Å²) in [5.41, 5.74) is 4.05. The lowest BCUT2D eigenvalue weighted by molar-refractivity contribution is 0.0738. The van der Waals surface area contributed by atoms with Gasteiger partial charge < -0.3 is 14.7 Å². The molecule has 0 N–H and O–H groups in total. The van der Waals surface area contributed by atoms with Crippen LogP contribution in [-0.2, 0) is 5.41 Å². The van der Waals surface area contributed by atoms with E-state index in [-0.39, 0.29) is 22.8 Å². The van der Waals surface area contributed by atoms with E-state index in [4.69, 9.17) is 11.6 Å². The number of nitrogens with zero attached hydrogens (tertiary/aromatic N) is 3. The quantitative estimate of drug-likeness (QED) is 0.416. The van der Waals surface area contributed by atoms with Crippen molar-refractivity contribution in [3.8, 4) is 11.1 Å². The largest absolute Gasteiger partial charge is 0.368 e. The second kappa shape index (κ2) is 10.5. The lowest BCUT2D eigenvalue weighted by atomic mass is 9.83. The molecule has 0 aliphatic carbocycles. The number of carbonyl (C=O) groups excluding carboxylic acids is 2. The first kappa shape index (κ1) is 26.7. The second-order valence-electron chi connectivity index (χ2n) is 10.6. The number of halogens is 2. The van der Waals surface area contributed by atoms with Gasteiger partial charge in [-0.15, -0.1) is 0 Å². The molecule has 0 unspecified atom stereocenters. The Labute approximate surface area is 223 Å². The van der Waals surface area contributed by atoms with Crippen LogP contribution in [0.5, 0.6) is 0 Å². The Morgan fingerprint density at radius 1 is 0.892 bits per heavy atom. The van der Waals surface area contributed by atoms with E-state index in [0.717, 1.165) is 22.4 Å². The van der Waals surface area contributed by atoms with Crippen molar-refractivity contribution in [2.75, 3.05) is 45.2 Å². The number of hydrogen-bond acceptors (Lipinski definition) is 3. The van der Waals surface area contributed by atoms with Gasteiger partial charge in [-0.05, 0) is 52.4 Å². The van der Waals surface area contributed by atoms with Gasteiger partial charge in [-0.2, -0.15) is 0 Å². The van der Waals surface area contributed by atoms with Gasteiger partial charge >= 0.3 is 0 Å². The van der Waals surface area contributed by atoms with Crippen molar-refractivity contribution in [3.05, 3.63) is 88.2 Å². The first-order chi connectivity index (χ1) is 17.5. The van der Waals surface area contributed by atoms with E-state index in [2.05, 4.69) is 4.90 Å². The van der Waals surface area contributed by atoms with Crippen LogP contribution in [-0.4, -0.2) is 61.9 Å². The molecule has 1 heterocycles. The molecule has 37 heavy (non-hydrogen) atoms. The summed E-state index contributed by atoms with van der Waals surface area (Å²) in [7, 11) is 3.40. The minimum absolute atomic E-state index is 0.130. The number of hydrogen-bond donors (Lipinski definition) is 0. The Hall–Kier alpha value is -3.38. The maximum absolute atomic E-state index is 14.7. The summed E-state index contributed by atoms with van der Waals surface area (Å²) in [6, 6.07) is 18.5. The second-order valence-corrected chi connectivity index (χ2v) is 11.0. The van der Waals surface area contributed by atoms with Gasteiger partial charge in [0, 0.05) is 46.0 Å². The van der Waals surface area contributed by atoms with Crippen LogP contribution in [0.15, 0.2) is 60.7 Å². The molecule has 0 bridgehead atoms.